The van der Waals surface area contributed by atoms with E-state index in [9.17, 15) is 0 Å². The van der Waals surface area contributed by atoms with Gasteiger partial charge in [-0.25, -0.2) is 4.98 Å². The number of aromatic nitrogens is 1. The molecule has 17 heavy (non-hydrogen) atoms. The van der Waals surface area contributed by atoms with Gasteiger partial charge >= 0.3 is 0 Å². The predicted molar refractivity (Wildman–Crippen MR) is 67.6 cm³/mol. The van der Waals surface area contributed by atoms with Gasteiger partial charge in [0.1, 0.15) is 11.6 Å². The lowest BCUT2D eigenvalue weighted by molar-refractivity contribution is 0.451. The van der Waals surface area contributed by atoms with Crippen LogP contribution in [-0.2, 0) is 0 Å². The molecule has 0 bridgehead atoms. The summed E-state index contributed by atoms with van der Waals surface area (Å²) < 4.78 is 5.47. The fraction of sp³-hybridized carbons (Fsp3) is 0.308. The summed E-state index contributed by atoms with van der Waals surface area (Å²) in [6.07, 6.45) is 3.39. The Kier molecular flexibility index (Phi) is 3.44. The second-order valence-corrected chi connectivity index (χ2v) is 3.93. The normalized spacial score (nSPS) is 12.6. The lowest BCUT2D eigenvalue weighted by Gasteiger charge is -2.19. The smallest absolute Gasteiger partial charge is 0.128 e. The minimum atomic E-state index is -0.0382. The van der Waals surface area contributed by atoms with E-state index in [1.807, 2.05) is 25.1 Å². The molecule has 1 atom stereocenters. The topological polar surface area (TPSA) is 64.1 Å². The molecule has 0 aromatic carbocycles. The zero-order chi connectivity index (χ0) is 12.3. The number of hydrogen-bond donors (Lipinski definition) is 2. The molecule has 4 heteroatoms. The minimum absolute atomic E-state index is 0.0382. The molecule has 2 aromatic heterocycles. The summed E-state index contributed by atoms with van der Waals surface area (Å²) >= 11 is 0. The molecule has 0 aliphatic carbocycles. The van der Waals surface area contributed by atoms with E-state index >= 15 is 0 Å². The second kappa shape index (κ2) is 5.01. The molecule has 0 saturated heterocycles. The maximum Gasteiger partial charge on any atom is 0.128 e. The Bertz CT molecular complexity index is 459. The van der Waals surface area contributed by atoms with E-state index in [-0.39, 0.29) is 6.04 Å². The lowest BCUT2D eigenvalue weighted by atomic mass is 10.0. The molecule has 3 N–H and O–H groups in total. The molecule has 0 aliphatic heterocycles. The van der Waals surface area contributed by atoms with Crippen LogP contribution in [0.3, 0.4) is 0 Å². The van der Waals surface area contributed by atoms with Gasteiger partial charge in [0.2, 0.25) is 0 Å². The molecule has 0 aliphatic rings. The highest BCUT2D eigenvalue weighted by molar-refractivity contribution is 5.48. The van der Waals surface area contributed by atoms with Crippen molar-refractivity contribution in [2.75, 3.05) is 12.3 Å². The van der Waals surface area contributed by atoms with Crippen molar-refractivity contribution < 1.29 is 4.42 Å². The zero-order valence-electron chi connectivity index (χ0n) is 10.1. The number of nitrogens with zero attached hydrogens (tertiary/aromatic N) is 1. The molecule has 0 fully saturated rings. The van der Waals surface area contributed by atoms with E-state index in [1.165, 1.54) is 0 Å². The number of furan rings is 1. The monoisotopic (exact) mass is 231 g/mol. The van der Waals surface area contributed by atoms with Crippen LogP contribution in [-0.4, -0.2) is 11.5 Å². The average molecular weight is 231 g/mol. The first-order valence-electron chi connectivity index (χ1n) is 5.71. The molecule has 0 radical (unpaired) electrons. The van der Waals surface area contributed by atoms with E-state index in [2.05, 4.69) is 17.2 Å². The standard InChI is InChI=1S/C13H17N3O/c1-3-15-12(10-5-4-8-17-10)11-9(2)6-7-16-13(11)14/h4-8,12,15H,3H2,1-2H3,(H2,14,16). The molecular formula is C13H17N3O. The van der Waals surface area contributed by atoms with Crippen LogP contribution in [0.4, 0.5) is 5.82 Å². The molecule has 2 heterocycles. The average Bonchev–Trinajstić information content (AvgIpc) is 2.80. The van der Waals surface area contributed by atoms with Crippen LogP contribution < -0.4 is 11.1 Å². The molecule has 2 aromatic rings. The van der Waals surface area contributed by atoms with Gasteiger partial charge in [0.05, 0.1) is 12.3 Å². The first-order chi connectivity index (χ1) is 8.24. The van der Waals surface area contributed by atoms with Crippen molar-refractivity contribution in [2.45, 2.75) is 19.9 Å². The van der Waals surface area contributed by atoms with Crippen LogP contribution in [0.15, 0.2) is 35.1 Å². The van der Waals surface area contributed by atoms with Gasteiger partial charge < -0.3 is 15.5 Å². The molecule has 0 saturated carbocycles. The number of nitrogen functional groups attached to an aromatic ring is 1. The number of pyridine rings is 1. The van der Waals surface area contributed by atoms with Gasteiger partial charge in [-0.15, -0.1) is 0 Å². The van der Waals surface area contributed by atoms with Crippen molar-refractivity contribution in [3.05, 3.63) is 47.5 Å². The Morgan fingerprint density at radius 2 is 2.29 bits per heavy atom. The Morgan fingerprint density at radius 1 is 1.47 bits per heavy atom. The summed E-state index contributed by atoms with van der Waals surface area (Å²) in [5.41, 5.74) is 8.07. The number of hydrogen-bond acceptors (Lipinski definition) is 4. The summed E-state index contributed by atoms with van der Waals surface area (Å²) in [5.74, 6) is 1.40. The first kappa shape index (κ1) is 11.7. The van der Waals surface area contributed by atoms with Crippen LogP contribution >= 0.6 is 0 Å². The number of aryl methyl sites for hydroxylation is 1. The number of nitrogens with two attached hydrogens (primary N) is 1. The van der Waals surface area contributed by atoms with Crippen molar-refractivity contribution >= 4 is 5.82 Å². The van der Waals surface area contributed by atoms with Crippen molar-refractivity contribution in [2.24, 2.45) is 0 Å². The highest BCUT2D eigenvalue weighted by Crippen LogP contribution is 2.28. The van der Waals surface area contributed by atoms with Gasteiger partial charge in [0.15, 0.2) is 0 Å². The third-order valence-electron chi connectivity index (χ3n) is 2.76. The molecule has 4 nitrogen and oxygen atoms in total. The highest BCUT2D eigenvalue weighted by Gasteiger charge is 2.20. The second-order valence-electron chi connectivity index (χ2n) is 3.93. The Morgan fingerprint density at radius 3 is 2.88 bits per heavy atom. The van der Waals surface area contributed by atoms with Crippen LogP contribution in [0.5, 0.6) is 0 Å². The summed E-state index contributed by atoms with van der Waals surface area (Å²) in [7, 11) is 0. The SMILES string of the molecule is CCNC(c1ccco1)c1c(C)ccnc1N. The molecule has 0 amide bonds. The maximum atomic E-state index is 5.97. The fourth-order valence-electron chi connectivity index (χ4n) is 1.97. The first-order valence-corrected chi connectivity index (χ1v) is 5.71. The summed E-state index contributed by atoms with van der Waals surface area (Å²) in [4.78, 5) is 4.15. The Hall–Kier alpha value is -1.81. The number of rotatable bonds is 4. The zero-order valence-corrected chi connectivity index (χ0v) is 10.1. The molecular weight excluding hydrogens is 214 g/mol. The van der Waals surface area contributed by atoms with E-state index in [1.54, 1.807) is 12.5 Å². The summed E-state index contributed by atoms with van der Waals surface area (Å²) in [5, 5.41) is 3.37. The Balaban J connectivity index is 2.46. The quantitative estimate of drug-likeness (QED) is 0.847. The number of anilines is 1. The van der Waals surface area contributed by atoms with Gasteiger partial charge in [0, 0.05) is 11.8 Å². The fourth-order valence-corrected chi connectivity index (χ4v) is 1.97. The summed E-state index contributed by atoms with van der Waals surface area (Å²) in [6, 6.07) is 5.74. The van der Waals surface area contributed by atoms with Gasteiger partial charge in [-0.1, -0.05) is 6.92 Å². The summed E-state index contributed by atoms with van der Waals surface area (Å²) in [6.45, 7) is 4.91. The predicted octanol–water partition coefficient (Wildman–Crippen LogP) is 2.26. The van der Waals surface area contributed by atoms with Crippen molar-refractivity contribution in [3.8, 4) is 0 Å². The highest BCUT2D eigenvalue weighted by atomic mass is 16.3. The van der Waals surface area contributed by atoms with Gasteiger partial charge in [0.25, 0.3) is 0 Å². The molecule has 0 spiro atoms. The maximum absolute atomic E-state index is 5.97. The van der Waals surface area contributed by atoms with Crippen LogP contribution in [0, 0.1) is 6.92 Å². The largest absolute Gasteiger partial charge is 0.467 e. The Labute approximate surface area is 101 Å². The van der Waals surface area contributed by atoms with Crippen molar-refractivity contribution in [1.82, 2.24) is 10.3 Å². The lowest BCUT2D eigenvalue weighted by Crippen LogP contribution is -2.23. The number of nitrogens with one attached hydrogen (secondary N) is 1. The van der Waals surface area contributed by atoms with Crippen molar-refractivity contribution in [1.29, 1.82) is 0 Å². The van der Waals surface area contributed by atoms with Crippen molar-refractivity contribution in [3.63, 3.8) is 0 Å². The van der Waals surface area contributed by atoms with Gasteiger partial charge in [-0.3, -0.25) is 0 Å². The van der Waals surface area contributed by atoms with Crippen LogP contribution in [0.25, 0.3) is 0 Å². The molecule has 2 rings (SSSR count). The molecule has 90 valence electrons. The van der Waals surface area contributed by atoms with Gasteiger partial charge in [-0.05, 0) is 37.2 Å². The van der Waals surface area contributed by atoms with E-state index in [0.29, 0.717) is 5.82 Å². The van der Waals surface area contributed by atoms with E-state index in [4.69, 9.17) is 10.2 Å². The van der Waals surface area contributed by atoms with Crippen LogP contribution in [0.2, 0.25) is 0 Å². The van der Waals surface area contributed by atoms with E-state index < -0.39 is 0 Å². The molecule has 1 unspecified atom stereocenters. The van der Waals surface area contributed by atoms with Gasteiger partial charge in [-0.2, -0.15) is 0 Å². The van der Waals surface area contributed by atoms with Crippen LogP contribution in [0.1, 0.15) is 29.9 Å². The third-order valence-corrected chi connectivity index (χ3v) is 2.76. The minimum Gasteiger partial charge on any atom is -0.467 e. The van der Waals surface area contributed by atoms with E-state index in [0.717, 1.165) is 23.4 Å². The third kappa shape index (κ3) is 2.31.